The fraction of sp³-hybridized carbons (Fsp3) is 0.737. The molecule has 1 saturated carbocycles. The Kier molecular flexibility index (Phi) is 4.40. The zero-order valence-corrected chi connectivity index (χ0v) is 15.3. The average molecular weight is 344 g/mol. The maximum absolute atomic E-state index is 12.7. The lowest BCUT2D eigenvalue weighted by Crippen LogP contribution is -2.52. The highest BCUT2D eigenvalue weighted by atomic mass is 16.5. The van der Waals surface area contributed by atoms with E-state index in [9.17, 15) is 4.79 Å². The van der Waals surface area contributed by atoms with E-state index < -0.39 is 0 Å². The Morgan fingerprint density at radius 3 is 2.92 bits per heavy atom. The molecule has 1 aliphatic carbocycles. The van der Waals surface area contributed by atoms with E-state index in [1.165, 1.54) is 0 Å². The fourth-order valence-corrected chi connectivity index (χ4v) is 4.63. The minimum absolute atomic E-state index is 0.188. The predicted octanol–water partition coefficient (Wildman–Crippen LogP) is 2.17. The molecule has 1 amide bonds. The minimum atomic E-state index is -0.188. The number of hydrogen-bond donors (Lipinski definition) is 0. The van der Waals surface area contributed by atoms with Crippen molar-refractivity contribution in [2.24, 2.45) is 5.41 Å². The van der Waals surface area contributed by atoms with Crippen LogP contribution < -0.4 is 4.90 Å². The maximum atomic E-state index is 12.7. The molecule has 6 heteroatoms. The number of carbonyl (C=O) groups is 1. The number of aryl methyl sites for hydroxylation is 1. The molecule has 3 heterocycles. The summed E-state index contributed by atoms with van der Waals surface area (Å²) in [5, 5.41) is 0. The van der Waals surface area contributed by atoms with E-state index in [0.29, 0.717) is 11.5 Å². The van der Waals surface area contributed by atoms with E-state index in [1.807, 2.05) is 13.0 Å². The van der Waals surface area contributed by atoms with Crippen LogP contribution in [0.25, 0.3) is 0 Å². The van der Waals surface area contributed by atoms with E-state index in [2.05, 4.69) is 26.8 Å². The highest BCUT2D eigenvalue weighted by Gasteiger charge is 2.51. The first kappa shape index (κ1) is 16.8. The molecule has 0 unspecified atom stereocenters. The predicted molar refractivity (Wildman–Crippen MR) is 95.4 cm³/mol. The summed E-state index contributed by atoms with van der Waals surface area (Å²) in [5.41, 5.74) is 1.31. The molecule has 0 bridgehead atoms. The molecule has 3 fully saturated rings. The third kappa shape index (κ3) is 3.24. The highest BCUT2D eigenvalue weighted by molar-refractivity contribution is 5.81. The summed E-state index contributed by atoms with van der Waals surface area (Å²) in [6, 6.07) is 2.55. The van der Waals surface area contributed by atoms with Gasteiger partial charge in [-0.05, 0) is 50.9 Å². The minimum Gasteiger partial charge on any atom is -0.368 e. The van der Waals surface area contributed by atoms with E-state index in [0.717, 1.165) is 69.7 Å². The Hall–Kier alpha value is -1.69. The number of carbonyl (C=O) groups excluding carboxylic acids is 1. The summed E-state index contributed by atoms with van der Waals surface area (Å²) in [5.74, 6) is 1.22. The van der Waals surface area contributed by atoms with Gasteiger partial charge < -0.3 is 14.5 Å². The molecule has 1 atom stereocenters. The number of anilines is 1. The summed E-state index contributed by atoms with van der Waals surface area (Å²) in [6.45, 7) is 4.52. The topological polar surface area (TPSA) is 58.6 Å². The van der Waals surface area contributed by atoms with Gasteiger partial charge >= 0.3 is 0 Å². The second-order valence-corrected chi connectivity index (χ2v) is 8.06. The first-order chi connectivity index (χ1) is 12.1. The quantitative estimate of drug-likeness (QED) is 0.841. The molecule has 25 heavy (non-hydrogen) atoms. The number of amides is 1. The average Bonchev–Trinajstić information content (AvgIpc) is 3.06. The second kappa shape index (κ2) is 6.56. The molecule has 2 saturated heterocycles. The van der Waals surface area contributed by atoms with Gasteiger partial charge in [0, 0.05) is 44.5 Å². The maximum Gasteiger partial charge on any atom is 0.251 e. The Labute approximate surface area is 149 Å². The number of likely N-dealkylation sites (tertiary alicyclic amines) is 1. The summed E-state index contributed by atoms with van der Waals surface area (Å²) >= 11 is 0. The van der Waals surface area contributed by atoms with Crippen LogP contribution in [0.5, 0.6) is 0 Å². The number of rotatable bonds is 3. The fourth-order valence-electron chi connectivity index (χ4n) is 4.63. The summed E-state index contributed by atoms with van der Waals surface area (Å²) in [4.78, 5) is 25.6. The lowest BCUT2D eigenvalue weighted by molar-refractivity contribution is -0.146. The first-order valence-corrected chi connectivity index (χ1v) is 9.48. The van der Waals surface area contributed by atoms with Crippen molar-refractivity contribution >= 4 is 11.7 Å². The first-order valence-electron chi connectivity index (χ1n) is 9.48. The van der Waals surface area contributed by atoms with Crippen molar-refractivity contribution in [3.8, 4) is 0 Å². The zero-order valence-electron chi connectivity index (χ0n) is 15.3. The van der Waals surface area contributed by atoms with Crippen LogP contribution in [-0.4, -0.2) is 59.7 Å². The Morgan fingerprint density at radius 2 is 2.20 bits per heavy atom. The Bertz CT molecular complexity index is 638. The summed E-state index contributed by atoms with van der Waals surface area (Å²) in [6.07, 6.45) is 7.94. The van der Waals surface area contributed by atoms with E-state index in [1.54, 1.807) is 6.33 Å². The van der Waals surface area contributed by atoms with Crippen molar-refractivity contribution in [2.45, 2.75) is 57.6 Å². The second-order valence-electron chi connectivity index (χ2n) is 8.06. The molecule has 0 aromatic carbocycles. The van der Waals surface area contributed by atoms with Crippen molar-refractivity contribution in [3.63, 3.8) is 0 Å². The highest BCUT2D eigenvalue weighted by Crippen LogP contribution is 2.50. The van der Waals surface area contributed by atoms with Crippen LogP contribution in [0.4, 0.5) is 5.82 Å². The lowest BCUT2D eigenvalue weighted by Gasteiger charge is -2.49. The van der Waals surface area contributed by atoms with Crippen LogP contribution >= 0.6 is 0 Å². The van der Waals surface area contributed by atoms with Crippen LogP contribution in [0.2, 0.25) is 0 Å². The summed E-state index contributed by atoms with van der Waals surface area (Å²) in [7, 11) is 2.12. The van der Waals surface area contributed by atoms with Gasteiger partial charge in [-0.15, -0.1) is 0 Å². The summed E-state index contributed by atoms with van der Waals surface area (Å²) < 4.78 is 5.69. The van der Waals surface area contributed by atoms with Crippen molar-refractivity contribution < 1.29 is 9.53 Å². The zero-order chi connectivity index (χ0) is 17.4. The van der Waals surface area contributed by atoms with E-state index >= 15 is 0 Å². The lowest BCUT2D eigenvalue weighted by atomic mass is 9.64. The molecule has 2 aliphatic heterocycles. The van der Waals surface area contributed by atoms with Gasteiger partial charge in [0.25, 0.3) is 5.91 Å². The molecular weight excluding hydrogens is 316 g/mol. The Morgan fingerprint density at radius 1 is 1.36 bits per heavy atom. The van der Waals surface area contributed by atoms with Crippen LogP contribution in [0.1, 0.15) is 44.2 Å². The molecule has 136 valence electrons. The SMILES string of the molecule is Cc1cc(N(C)C2CC3(CCN(C(=O)[C@H]4CCCCO4)C3)C2)ncn1. The van der Waals surface area contributed by atoms with Crippen LogP contribution in [0.3, 0.4) is 0 Å². The van der Waals surface area contributed by atoms with Crippen molar-refractivity contribution in [1.82, 2.24) is 14.9 Å². The number of aromatic nitrogens is 2. The third-order valence-corrected chi connectivity index (χ3v) is 6.24. The molecule has 3 aliphatic rings. The van der Waals surface area contributed by atoms with Crippen molar-refractivity contribution in [2.75, 3.05) is 31.6 Å². The Balaban J connectivity index is 1.33. The molecule has 1 aromatic rings. The van der Waals surface area contributed by atoms with Crippen LogP contribution in [0, 0.1) is 12.3 Å². The van der Waals surface area contributed by atoms with E-state index in [4.69, 9.17) is 4.74 Å². The molecule has 0 N–H and O–H groups in total. The van der Waals surface area contributed by atoms with Crippen LogP contribution in [-0.2, 0) is 9.53 Å². The number of ether oxygens (including phenoxy) is 1. The van der Waals surface area contributed by atoms with Gasteiger partial charge in [-0.25, -0.2) is 9.97 Å². The molecule has 4 rings (SSSR count). The number of hydrogen-bond acceptors (Lipinski definition) is 5. The van der Waals surface area contributed by atoms with Gasteiger partial charge in [0.15, 0.2) is 0 Å². The van der Waals surface area contributed by atoms with Gasteiger partial charge in [0.2, 0.25) is 0 Å². The molecule has 1 aromatic heterocycles. The molecule has 1 spiro atoms. The van der Waals surface area contributed by atoms with Crippen molar-refractivity contribution in [1.29, 1.82) is 0 Å². The molecule has 6 nitrogen and oxygen atoms in total. The van der Waals surface area contributed by atoms with Gasteiger partial charge in [-0.2, -0.15) is 0 Å². The van der Waals surface area contributed by atoms with Crippen molar-refractivity contribution in [3.05, 3.63) is 18.1 Å². The third-order valence-electron chi connectivity index (χ3n) is 6.24. The van der Waals surface area contributed by atoms with Gasteiger partial charge in [0.05, 0.1) is 0 Å². The normalized spacial score (nSPS) is 31.8. The van der Waals surface area contributed by atoms with Gasteiger partial charge in [-0.3, -0.25) is 4.79 Å². The molecule has 0 radical (unpaired) electrons. The van der Waals surface area contributed by atoms with E-state index in [-0.39, 0.29) is 12.0 Å². The largest absolute Gasteiger partial charge is 0.368 e. The molecular formula is C19H28N4O2. The van der Waals surface area contributed by atoms with Gasteiger partial charge in [-0.1, -0.05) is 0 Å². The van der Waals surface area contributed by atoms with Crippen LogP contribution in [0.15, 0.2) is 12.4 Å². The number of nitrogens with zero attached hydrogens (tertiary/aromatic N) is 4. The smallest absolute Gasteiger partial charge is 0.251 e. The monoisotopic (exact) mass is 344 g/mol. The standard InChI is InChI=1S/C19H28N4O2/c1-14-9-17(21-13-20-14)22(2)15-10-19(11-15)6-7-23(12-19)18(24)16-5-3-4-8-25-16/h9,13,15-16H,3-8,10-12H2,1-2H3/t15?,16-,19?/m1/s1. The van der Waals surface area contributed by atoms with Gasteiger partial charge in [0.1, 0.15) is 18.2 Å².